The second-order valence-corrected chi connectivity index (χ2v) is 4.02. The van der Waals surface area contributed by atoms with Crippen molar-refractivity contribution in [3.63, 3.8) is 0 Å². The molecule has 0 radical (unpaired) electrons. The third-order valence-corrected chi connectivity index (χ3v) is 3.01. The van der Waals surface area contributed by atoms with Gasteiger partial charge < -0.3 is 4.90 Å². The standard InChI is InChI=1S/C12H17N/c1-10-6-5-9-13(2)12-8-4-3-7-11(10)12/h3-4,7-8,10H,5-6,9H2,1-2H3. The molecule has 1 heteroatoms. The molecule has 0 saturated carbocycles. The Kier molecular flexibility index (Phi) is 2.26. The van der Waals surface area contributed by atoms with E-state index < -0.39 is 0 Å². The van der Waals surface area contributed by atoms with Gasteiger partial charge in [-0.15, -0.1) is 0 Å². The number of fused-ring (bicyclic) bond motifs is 1. The van der Waals surface area contributed by atoms with Crippen molar-refractivity contribution >= 4 is 5.69 Å². The Morgan fingerprint density at radius 2 is 2.08 bits per heavy atom. The summed E-state index contributed by atoms with van der Waals surface area (Å²) in [6.45, 7) is 3.53. The lowest BCUT2D eigenvalue weighted by Crippen LogP contribution is -2.17. The van der Waals surface area contributed by atoms with Crippen LogP contribution in [0.15, 0.2) is 24.3 Å². The molecule has 0 saturated heterocycles. The maximum absolute atomic E-state index is 2.37. The first-order chi connectivity index (χ1) is 6.29. The summed E-state index contributed by atoms with van der Waals surface area (Å²) in [6, 6.07) is 8.78. The van der Waals surface area contributed by atoms with E-state index in [4.69, 9.17) is 0 Å². The lowest BCUT2D eigenvalue weighted by Gasteiger charge is -2.19. The van der Waals surface area contributed by atoms with Crippen LogP contribution in [0.25, 0.3) is 0 Å². The molecular weight excluding hydrogens is 158 g/mol. The third kappa shape index (κ3) is 1.55. The van der Waals surface area contributed by atoms with Gasteiger partial charge >= 0.3 is 0 Å². The molecule has 0 bridgehead atoms. The first-order valence-corrected chi connectivity index (χ1v) is 5.09. The van der Waals surface area contributed by atoms with Crippen molar-refractivity contribution in [3.8, 4) is 0 Å². The molecule has 0 amide bonds. The second-order valence-electron chi connectivity index (χ2n) is 4.02. The number of para-hydroxylation sites is 1. The van der Waals surface area contributed by atoms with Crippen LogP contribution in [-0.2, 0) is 0 Å². The van der Waals surface area contributed by atoms with Crippen molar-refractivity contribution in [1.82, 2.24) is 0 Å². The van der Waals surface area contributed by atoms with Crippen molar-refractivity contribution < 1.29 is 0 Å². The van der Waals surface area contributed by atoms with Crippen LogP contribution in [0.2, 0.25) is 0 Å². The Balaban J connectivity index is 2.45. The zero-order valence-electron chi connectivity index (χ0n) is 8.46. The van der Waals surface area contributed by atoms with Gasteiger partial charge in [-0.1, -0.05) is 25.1 Å². The third-order valence-electron chi connectivity index (χ3n) is 3.01. The van der Waals surface area contributed by atoms with Crippen LogP contribution in [0.1, 0.15) is 31.2 Å². The summed E-state index contributed by atoms with van der Waals surface area (Å²) in [5.41, 5.74) is 2.94. The highest BCUT2D eigenvalue weighted by atomic mass is 15.1. The second kappa shape index (κ2) is 3.41. The fourth-order valence-corrected chi connectivity index (χ4v) is 2.16. The molecule has 13 heavy (non-hydrogen) atoms. The number of rotatable bonds is 0. The smallest absolute Gasteiger partial charge is 0.0398 e. The summed E-state index contributed by atoms with van der Waals surface area (Å²) in [5, 5.41) is 0. The van der Waals surface area contributed by atoms with Crippen LogP contribution in [-0.4, -0.2) is 13.6 Å². The molecular formula is C12H17N. The minimum absolute atomic E-state index is 0.723. The van der Waals surface area contributed by atoms with Crippen molar-refractivity contribution in [2.75, 3.05) is 18.5 Å². The fraction of sp³-hybridized carbons (Fsp3) is 0.500. The maximum Gasteiger partial charge on any atom is 0.0398 e. The van der Waals surface area contributed by atoms with E-state index >= 15 is 0 Å². The first kappa shape index (κ1) is 8.61. The SMILES string of the molecule is CC1CCCN(C)c2ccccc21. The highest BCUT2D eigenvalue weighted by Gasteiger charge is 2.16. The van der Waals surface area contributed by atoms with E-state index in [1.807, 2.05) is 0 Å². The van der Waals surface area contributed by atoms with Crippen LogP contribution in [0.3, 0.4) is 0 Å². The Labute approximate surface area is 80.4 Å². The van der Waals surface area contributed by atoms with Crippen LogP contribution in [0.5, 0.6) is 0 Å². The van der Waals surface area contributed by atoms with Crippen LogP contribution >= 0.6 is 0 Å². The molecule has 2 rings (SSSR count). The minimum atomic E-state index is 0.723. The Morgan fingerprint density at radius 1 is 1.31 bits per heavy atom. The van der Waals surface area contributed by atoms with Gasteiger partial charge in [0.05, 0.1) is 0 Å². The predicted molar refractivity (Wildman–Crippen MR) is 57.4 cm³/mol. The Bertz CT molecular complexity index is 264. The number of hydrogen-bond donors (Lipinski definition) is 0. The van der Waals surface area contributed by atoms with Gasteiger partial charge in [0.25, 0.3) is 0 Å². The van der Waals surface area contributed by atoms with Gasteiger partial charge in [0, 0.05) is 19.3 Å². The fourth-order valence-electron chi connectivity index (χ4n) is 2.16. The number of nitrogens with zero attached hydrogens (tertiary/aromatic N) is 1. The Hall–Kier alpha value is -0.980. The van der Waals surface area contributed by atoms with Crippen LogP contribution in [0.4, 0.5) is 5.69 Å². The zero-order valence-corrected chi connectivity index (χ0v) is 8.46. The van der Waals surface area contributed by atoms with E-state index in [-0.39, 0.29) is 0 Å². The van der Waals surface area contributed by atoms with Crippen LogP contribution < -0.4 is 4.90 Å². The van der Waals surface area contributed by atoms with Crippen molar-refractivity contribution in [3.05, 3.63) is 29.8 Å². The van der Waals surface area contributed by atoms with Gasteiger partial charge in [0.2, 0.25) is 0 Å². The molecule has 1 unspecified atom stereocenters. The predicted octanol–water partition coefficient (Wildman–Crippen LogP) is 3.02. The largest absolute Gasteiger partial charge is 0.374 e. The van der Waals surface area contributed by atoms with Gasteiger partial charge in [0.1, 0.15) is 0 Å². The van der Waals surface area contributed by atoms with Crippen molar-refractivity contribution in [2.45, 2.75) is 25.7 Å². The van der Waals surface area contributed by atoms with E-state index in [1.54, 1.807) is 0 Å². The average Bonchev–Trinajstić information content (AvgIpc) is 2.29. The molecule has 0 spiro atoms. The summed E-state index contributed by atoms with van der Waals surface area (Å²) in [5.74, 6) is 0.723. The number of benzene rings is 1. The van der Waals surface area contributed by atoms with Crippen LogP contribution in [0, 0.1) is 0 Å². The Morgan fingerprint density at radius 3 is 2.92 bits per heavy atom. The van der Waals surface area contributed by atoms with E-state index in [2.05, 4.69) is 43.1 Å². The lowest BCUT2D eigenvalue weighted by atomic mass is 9.96. The zero-order chi connectivity index (χ0) is 9.26. The maximum atomic E-state index is 2.37. The molecule has 0 aliphatic carbocycles. The quantitative estimate of drug-likeness (QED) is 0.586. The molecule has 0 fully saturated rings. The highest BCUT2D eigenvalue weighted by Crippen LogP contribution is 2.32. The average molecular weight is 175 g/mol. The van der Waals surface area contributed by atoms with E-state index in [0.29, 0.717) is 0 Å². The van der Waals surface area contributed by atoms with Gasteiger partial charge in [0.15, 0.2) is 0 Å². The summed E-state index contributed by atoms with van der Waals surface area (Å²) in [6.07, 6.45) is 2.63. The van der Waals surface area contributed by atoms with E-state index in [1.165, 1.54) is 30.6 Å². The van der Waals surface area contributed by atoms with Crippen molar-refractivity contribution in [1.29, 1.82) is 0 Å². The number of hydrogen-bond acceptors (Lipinski definition) is 1. The van der Waals surface area contributed by atoms with Gasteiger partial charge in [-0.3, -0.25) is 0 Å². The topological polar surface area (TPSA) is 3.24 Å². The summed E-state index contributed by atoms with van der Waals surface area (Å²) < 4.78 is 0. The first-order valence-electron chi connectivity index (χ1n) is 5.09. The molecule has 1 heterocycles. The molecule has 1 aliphatic heterocycles. The molecule has 0 aromatic heterocycles. The molecule has 1 aromatic rings. The van der Waals surface area contributed by atoms with Crippen molar-refractivity contribution in [2.24, 2.45) is 0 Å². The molecule has 1 aliphatic rings. The van der Waals surface area contributed by atoms with Gasteiger partial charge in [-0.05, 0) is 30.4 Å². The molecule has 1 nitrogen and oxygen atoms in total. The molecule has 70 valence electrons. The summed E-state index contributed by atoms with van der Waals surface area (Å²) in [4.78, 5) is 2.37. The monoisotopic (exact) mass is 175 g/mol. The summed E-state index contributed by atoms with van der Waals surface area (Å²) >= 11 is 0. The van der Waals surface area contributed by atoms with E-state index in [0.717, 1.165) is 5.92 Å². The lowest BCUT2D eigenvalue weighted by molar-refractivity contribution is 0.656. The number of anilines is 1. The normalized spacial score (nSPS) is 22.3. The van der Waals surface area contributed by atoms with Gasteiger partial charge in [-0.25, -0.2) is 0 Å². The summed E-state index contributed by atoms with van der Waals surface area (Å²) in [7, 11) is 2.19. The molecule has 1 atom stereocenters. The highest BCUT2D eigenvalue weighted by molar-refractivity contribution is 5.55. The van der Waals surface area contributed by atoms with E-state index in [9.17, 15) is 0 Å². The molecule has 0 N–H and O–H groups in total. The molecule has 1 aromatic carbocycles. The minimum Gasteiger partial charge on any atom is -0.374 e. The van der Waals surface area contributed by atoms with Gasteiger partial charge in [-0.2, -0.15) is 0 Å².